The topological polar surface area (TPSA) is 33.0 Å². The maximum atomic E-state index is 9.08. The molecule has 0 fully saturated rings. The lowest BCUT2D eigenvalue weighted by Crippen LogP contribution is -1.93. The Kier molecular flexibility index (Phi) is 3.55. The summed E-state index contributed by atoms with van der Waals surface area (Å²) in [6, 6.07) is 13.1. The van der Waals surface area contributed by atoms with E-state index in [9.17, 15) is 0 Å². The van der Waals surface area contributed by atoms with E-state index >= 15 is 0 Å². The summed E-state index contributed by atoms with van der Waals surface area (Å²) in [7, 11) is 0. The molecule has 0 aromatic heterocycles. The van der Waals surface area contributed by atoms with Gasteiger partial charge in [-0.15, -0.1) is 0 Å². The first-order chi connectivity index (χ1) is 8.61. The van der Waals surface area contributed by atoms with Crippen LogP contribution in [0.4, 0.5) is 0 Å². The lowest BCUT2D eigenvalue weighted by Gasteiger charge is -2.12. The first kappa shape index (κ1) is 12.5. The minimum atomic E-state index is 0.532. The van der Waals surface area contributed by atoms with Gasteiger partial charge in [-0.3, -0.25) is 0 Å². The molecule has 0 unspecified atom stereocenters. The number of nitrogens with zero attached hydrogens (tertiary/aromatic N) is 1. The van der Waals surface area contributed by atoms with Crippen LogP contribution in [0.15, 0.2) is 36.4 Å². The van der Waals surface area contributed by atoms with Crippen LogP contribution in [0.25, 0.3) is 0 Å². The maximum absolute atomic E-state index is 9.08. The van der Waals surface area contributed by atoms with Gasteiger partial charge in [0, 0.05) is 5.02 Å². The molecular formula is C15H12ClNO. The van der Waals surface area contributed by atoms with Crippen molar-refractivity contribution in [3.63, 3.8) is 0 Å². The molecule has 2 rings (SSSR count). The van der Waals surface area contributed by atoms with E-state index in [1.165, 1.54) is 0 Å². The molecule has 0 heterocycles. The van der Waals surface area contributed by atoms with Crippen molar-refractivity contribution in [3.8, 4) is 17.6 Å². The van der Waals surface area contributed by atoms with E-state index in [0.29, 0.717) is 22.1 Å². The molecule has 90 valence electrons. The van der Waals surface area contributed by atoms with Crippen LogP contribution in [0.1, 0.15) is 16.7 Å². The van der Waals surface area contributed by atoms with Gasteiger partial charge in [0.05, 0.1) is 5.56 Å². The Morgan fingerprint density at radius 1 is 1.11 bits per heavy atom. The first-order valence-corrected chi connectivity index (χ1v) is 5.93. The highest BCUT2D eigenvalue weighted by molar-refractivity contribution is 6.30. The molecule has 0 radical (unpaired) electrons. The highest BCUT2D eigenvalue weighted by atomic mass is 35.5. The monoisotopic (exact) mass is 257 g/mol. The van der Waals surface area contributed by atoms with E-state index in [1.807, 2.05) is 38.1 Å². The van der Waals surface area contributed by atoms with Crippen molar-refractivity contribution in [1.82, 2.24) is 0 Å². The van der Waals surface area contributed by atoms with Crippen molar-refractivity contribution < 1.29 is 4.74 Å². The number of aryl methyl sites for hydroxylation is 2. The van der Waals surface area contributed by atoms with E-state index in [1.54, 1.807) is 12.1 Å². The zero-order valence-electron chi connectivity index (χ0n) is 10.2. The molecule has 2 aromatic carbocycles. The molecule has 0 bridgehead atoms. The number of benzene rings is 2. The fourth-order valence-electron chi connectivity index (χ4n) is 1.71. The smallest absolute Gasteiger partial charge is 0.148 e. The van der Waals surface area contributed by atoms with E-state index in [-0.39, 0.29) is 0 Å². The van der Waals surface area contributed by atoms with Gasteiger partial charge in [0.2, 0.25) is 0 Å². The Morgan fingerprint density at radius 2 is 1.89 bits per heavy atom. The van der Waals surface area contributed by atoms with Crippen molar-refractivity contribution in [3.05, 3.63) is 58.1 Å². The second-order valence-electron chi connectivity index (χ2n) is 4.08. The molecule has 0 amide bonds. The minimum absolute atomic E-state index is 0.532. The summed E-state index contributed by atoms with van der Waals surface area (Å²) in [6.07, 6.45) is 0. The van der Waals surface area contributed by atoms with Crippen LogP contribution < -0.4 is 4.74 Å². The van der Waals surface area contributed by atoms with Crippen LogP contribution in [0, 0.1) is 25.2 Å². The molecule has 0 N–H and O–H groups in total. The molecule has 0 spiro atoms. The van der Waals surface area contributed by atoms with Gasteiger partial charge in [0.1, 0.15) is 17.6 Å². The average Bonchev–Trinajstić information content (AvgIpc) is 2.34. The van der Waals surface area contributed by atoms with E-state index < -0.39 is 0 Å². The fraction of sp³-hybridized carbons (Fsp3) is 0.133. The predicted molar refractivity (Wildman–Crippen MR) is 72.2 cm³/mol. The number of para-hydroxylation sites is 1. The Morgan fingerprint density at radius 3 is 2.56 bits per heavy atom. The summed E-state index contributed by atoms with van der Waals surface area (Å²) in [4.78, 5) is 0. The molecule has 2 nitrogen and oxygen atoms in total. The fourth-order valence-corrected chi connectivity index (χ4v) is 1.94. The lowest BCUT2D eigenvalue weighted by molar-refractivity contribution is 0.473. The molecule has 0 saturated heterocycles. The first-order valence-electron chi connectivity index (χ1n) is 5.55. The zero-order valence-corrected chi connectivity index (χ0v) is 11.0. The molecule has 18 heavy (non-hydrogen) atoms. The van der Waals surface area contributed by atoms with Crippen molar-refractivity contribution in [2.75, 3.05) is 0 Å². The normalized spacial score (nSPS) is 9.89. The minimum Gasteiger partial charge on any atom is -0.455 e. The van der Waals surface area contributed by atoms with Crippen LogP contribution >= 0.6 is 11.6 Å². The standard InChI is InChI=1S/C15H12ClNO/c1-10-4-3-5-12(9-17)15(10)18-14-7-6-13(16)8-11(14)2/h3-8H,1-2H3. The SMILES string of the molecule is Cc1cc(Cl)ccc1Oc1c(C)cccc1C#N. The van der Waals surface area contributed by atoms with Crippen LogP contribution in [0.2, 0.25) is 5.02 Å². The van der Waals surface area contributed by atoms with Gasteiger partial charge in [-0.25, -0.2) is 0 Å². The third-order valence-corrected chi connectivity index (χ3v) is 2.92. The molecular weight excluding hydrogens is 246 g/mol. The largest absolute Gasteiger partial charge is 0.455 e. The summed E-state index contributed by atoms with van der Waals surface area (Å²) in [5.41, 5.74) is 2.40. The molecule has 0 atom stereocenters. The lowest BCUT2D eigenvalue weighted by atomic mass is 10.1. The number of hydrogen-bond acceptors (Lipinski definition) is 2. The quantitative estimate of drug-likeness (QED) is 0.786. The number of halogens is 1. The molecule has 2 aromatic rings. The molecule has 0 aliphatic rings. The summed E-state index contributed by atoms with van der Waals surface area (Å²) >= 11 is 5.90. The van der Waals surface area contributed by atoms with Crippen molar-refractivity contribution >= 4 is 11.6 Å². The van der Waals surface area contributed by atoms with Crippen LogP contribution in [0.3, 0.4) is 0 Å². The Balaban J connectivity index is 2.43. The maximum Gasteiger partial charge on any atom is 0.148 e. The second kappa shape index (κ2) is 5.12. The summed E-state index contributed by atoms with van der Waals surface area (Å²) in [6.45, 7) is 3.84. The summed E-state index contributed by atoms with van der Waals surface area (Å²) in [5.74, 6) is 1.32. The van der Waals surface area contributed by atoms with Gasteiger partial charge in [-0.2, -0.15) is 5.26 Å². The van der Waals surface area contributed by atoms with E-state index in [4.69, 9.17) is 21.6 Å². The van der Waals surface area contributed by atoms with Crippen molar-refractivity contribution in [1.29, 1.82) is 5.26 Å². The number of hydrogen-bond donors (Lipinski definition) is 0. The van der Waals surface area contributed by atoms with Crippen molar-refractivity contribution in [2.24, 2.45) is 0 Å². The highest BCUT2D eigenvalue weighted by Gasteiger charge is 2.09. The predicted octanol–water partition coefficient (Wildman–Crippen LogP) is 4.62. The van der Waals surface area contributed by atoms with E-state index in [2.05, 4.69) is 6.07 Å². The third-order valence-electron chi connectivity index (χ3n) is 2.68. The van der Waals surface area contributed by atoms with Crippen LogP contribution in [-0.4, -0.2) is 0 Å². The van der Waals surface area contributed by atoms with Gasteiger partial charge in [0.15, 0.2) is 0 Å². The molecule has 0 saturated carbocycles. The van der Waals surface area contributed by atoms with Crippen LogP contribution in [0.5, 0.6) is 11.5 Å². The number of rotatable bonds is 2. The van der Waals surface area contributed by atoms with Gasteiger partial charge >= 0.3 is 0 Å². The molecule has 0 aliphatic heterocycles. The van der Waals surface area contributed by atoms with E-state index in [0.717, 1.165) is 11.1 Å². The number of ether oxygens (including phenoxy) is 1. The Bertz CT molecular complexity index is 629. The highest BCUT2D eigenvalue weighted by Crippen LogP contribution is 2.31. The zero-order chi connectivity index (χ0) is 13.1. The Labute approximate surface area is 111 Å². The van der Waals surface area contributed by atoms with Crippen LogP contribution in [-0.2, 0) is 0 Å². The average molecular weight is 258 g/mol. The Hall–Kier alpha value is -1.98. The summed E-state index contributed by atoms with van der Waals surface area (Å²) in [5, 5.41) is 9.75. The van der Waals surface area contributed by atoms with Crippen molar-refractivity contribution in [2.45, 2.75) is 13.8 Å². The molecule has 3 heteroatoms. The van der Waals surface area contributed by atoms with Gasteiger partial charge in [-0.1, -0.05) is 23.7 Å². The van der Waals surface area contributed by atoms with Gasteiger partial charge in [0.25, 0.3) is 0 Å². The number of nitriles is 1. The van der Waals surface area contributed by atoms with Gasteiger partial charge < -0.3 is 4.74 Å². The summed E-state index contributed by atoms with van der Waals surface area (Å²) < 4.78 is 5.84. The third kappa shape index (κ3) is 2.47. The molecule has 0 aliphatic carbocycles. The second-order valence-corrected chi connectivity index (χ2v) is 4.51. The van der Waals surface area contributed by atoms with Gasteiger partial charge in [-0.05, 0) is 49.2 Å².